The maximum absolute atomic E-state index is 5.34. The van der Waals surface area contributed by atoms with Crippen molar-refractivity contribution in [3.05, 3.63) is 48.4 Å². The Bertz CT molecular complexity index is 662. The predicted octanol–water partition coefficient (Wildman–Crippen LogP) is 2.76. The molecule has 5 nitrogen and oxygen atoms in total. The summed E-state index contributed by atoms with van der Waals surface area (Å²) >= 11 is 1.58. The van der Waals surface area contributed by atoms with Gasteiger partial charge in [0.15, 0.2) is 10.9 Å². The monoisotopic (exact) mass is 272 g/mol. The Morgan fingerprint density at radius 1 is 1.26 bits per heavy atom. The van der Waals surface area contributed by atoms with Gasteiger partial charge in [-0.3, -0.25) is 0 Å². The molecule has 0 spiro atoms. The molecule has 0 aliphatic carbocycles. The van der Waals surface area contributed by atoms with Crippen LogP contribution >= 0.6 is 11.8 Å². The number of benzene rings is 1. The van der Waals surface area contributed by atoms with Gasteiger partial charge < -0.3 is 9.09 Å². The molecule has 0 atom stereocenters. The molecule has 0 fully saturated rings. The Hall–Kier alpha value is -2.08. The second-order valence-electron chi connectivity index (χ2n) is 4.06. The van der Waals surface area contributed by atoms with Crippen LogP contribution in [0, 0.1) is 0 Å². The van der Waals surface area contributed by atoms with Crippen molar-refractivity contribution in [1.82, 2.24) is 19.9 Å². The summed E-state index contributed by atoms with van der Waals surface area (Å²) in [5.41, 5.74) is 1.93. The minimum absolute atomic E-state index is 0.711. The van der Waals surface area contributed by atoms with Gasteiger partial charge in [-0.1, -0.05) is 47.3 Å². The van der Waals surface area contributed by atoms with E-state index in [0.717, 1.165) is 22.2 Å². The van der Waals surface area contributed by atoms with Crippen molar-refractivity contribution in [1.29, 1.82) is 0 Å². The molecule has 2 heterocycles. The minimum Gasteiger partial charge on any atom is -0.356 e. The van der Waals surface area contributed by atoms with Gasteiger partial charge in [0.2, 0.25) is 0 Å². The van der Waals surface area contributed by atoms with Gasteiger partial charge in [-0.15, -0.1) is 10.2 Å². The van der Waals surface area contributed by atoms with Gasteiger partial charge in [-0.2, -0.15) is 0 Å². The van der Waals surface area contributed by atoms with Crippen LogP contribution in [0.25, 0.3) is 11.3 Å². The van der Waals surface area contributed by atoms with Crippen molar-refractivity contribution in [2.45, 2.75) is 10.9 Å². The Balaban J connectivity index is 1.70. The molecule has 2 aromatic heterocycles. The standard InChI is InChI=1S/C13H12N4OS/c1-17-9-14-15-13(17)19-8-11-7-12(18-16-11)10-5-3-2-4-6-10/h2-7,9H,8H2,1H3. The van der Waals surface area contributed by atoms with Crippen molar-refractivity contribution in [3.63, 3.8) is 0 Å². The van der Waals surface area contributed by atoms with E-state index in [1.807, 2.05) is 48.0 Å². The molecule has 96 valence electrons. The first-order chi connectivity index (χ1) is 9.33. The summed E-state index contributed by atoms with van der Waals surface area (Å²) in [5, 5.41) is 12.8. The molecule has 3 rings (SSSR count). The zero-order valence-corrected chi connectivity index (χ0v) is 11.2. The van der Waals surface area contributed by atoms with Crippen LogP contribution in [0.15, 0.2) is 52.4 Å². The molecule has 0 unspecified atom stereocenters. The van der Waals surface area contributed by atoms with Gasteiger partial charge in [-0.05, 0) is 0 Å². The quantitative estimate of drug-likeness (QED) is 0.683. The molecule has 0 saturated carbocycles. The number of hydrogen-bond donors (Lipinski definition) is 0. The minimum atomic E-state index is 0.711. The van der Waals surface area contributed by atoms with Crippen molar-refractivity contribution < 1.29 is 4.52 Å². The second-order valence-corrected chi connectivity index (χ2v) is 5.00. The molecule has 0 amide bonds. The summed E-state index contributed by atoms with van der Waals surface area (Å²) in [6.07, 6.45) is 1.68. The van der Waals surface area contributed by atoms with Crippen molar-refractivity contribution in [3.8, 4) is 11.3 Å². The number of thioether (sulfide) groups is 1. The van der Waals surface area contributed by atoms with E-state index >= 15 is 0 Å². The first kappa shape index (κ1) is 12.0. The SMILES string of the molecule is Cn1cnnc1SCc1cc(-c2ccccc2)on1. The van der Waals surface area contributed by atoms with Gasteiger partial charge in [-0.25, -0.2) is 0 Å². The van der Waals surface area contributed by atoms with Gasteiger partial charge in [0.05, 0.1) is 5.69 Å². The van der Waals surface area contributed by atoms with Crippen molar-refractivity contribution in [2.24, 2.45) is 7.05 Å². The summed E-state index contributed by atoms with van der Waals surface area (Å²) in [6.45, 7) is 0. The van der Waals surface area contributed by atoms with Crippen LogP contribution in [0.1, 0.15) is 5.69 Å². The number of rotatable bonds is 4. The lowest BCUT2D eigenvalue weighted by molar-refractivity contribution is 0.426. The van der Waals surface area contributed by atoms with Crippen LogP contribution in [0.4, 0.5) is 0 Å². The third kappa shape index (κ3) is 2.68. The molecular formula is C13H12N4OS. The zero-order chi connectivity index (χ0) is 13.1. The van der Waals surface area contributed by atoms with Crippen LogP contribution in [0.3, 0.4) is 0 Å². The number of hydrogen-bond acceptors (Lipinski definition) is 5. The van der Waals surface area contributed by atoms with Crippen LogP contribution in [0.2, 0.25) is 0 Å². The Labute approximate surface area is 114 Å². The normalized spacial score (nSPS) is 10.8. The summed E-state index contributed by atoms with van der Waals surface area (Å²) in [7, 11) is 1.92. The van der Waals surface area contributed by atoms with E-state index in [2.05, 4.69) is 15.4 Å². The van der Waals surface area contributed by atoms with Crippen LogP contribution in [-0.4, -0.2) is 19.9 Å². The molecule has 19 heavy (non-hydrogen) atoms. The second kappa shape index (κ2) is 5.27. The van der Waals surface area contributed by atoms with Gasteiger partial charge in [0, 0.05) is 24.4 Å². The highest BCUT2D eigenvalue weighted by Crippen LogP contribution is 2.24. The van der Waals surface area contributed by atoms with E-state index < -0.39 is 0 Å². The molecule has 3 aromatic rings. The van der Waals surface area contributed by atoms with E-state index in [1.54, 1.807) is 18.1 Å². The molecule has 0 aliphatic rings. The molecule has 0 N–H and O–H groups in total. The first-order valence-corrected chi connectivity index (χ1v) is 6.79. The fourth-order valence-electron chi connectivity index (χ4n) is 1.66. The molecule has 0 saturated heterocycles. The molecule has 0 radical (unpaired) electrons. The highest BCUT2D eigenvalue weighted by atomic mass is 32.2. The average molecular weight is 272 g/mol. The number of aryl methyl sites for hydroxylation is 1. The third-order valence-electron chi connectivity index (χ3n) is 2.64. The van der Waals surface area contributed by atoms with Gasteiger partial charge in [0.25, 0.3) is 0 Å². The number of nitrogens with zero attached hydrogens (tertiary/aromatic N) is 4. The average Bonchev–Trinajstić information content (AvgIpc) is 3.06. The Kier molecular flexibility index (Phi) is 3.33. The van der Waals surface area contributed by atoms with E-state index in [1.165, 1.54) is 0 Å². The Morgan fingerprint density at radius 3 is 2.84 bits per heavy atom. The fourth-order valence-corrected chi connectivity index (χ4v) is 2.43. The summed E-state index contributed by atoms with van der Waals surface area (Å²) < 4.78 is 7.22. The van der Waals surface area contributed by atoms with E-state index in [9.17, 15) is 0 Å². The summed E-state index contributed by atoms with van der Waals surface area (Å²) in [5.74, 6) is 1.50. The summed E-state index contributed by atoms with van der Waals surface area (Å²) in [4.78, 5) is 0. The zero-order valence-electron chi connectivity index (χ0n) is 10.4. The van der Waals surface area contributed by atoms with Gasteiger partial charge >= 0.3 is 0 Å². The Morgan fingerprint density at radius 2 is 2.11 bits per heavy atom. The molecule has 0 aliphatic heterocycles. The first-order valence-electron chi connectivity index (χ1n) is 5.81. The van der Waals surface area contributed by atoms with Crippen molar-refractivity contribution >= 4 is 11.8 Å². The highest BCUT2D eigenvalue weighted by Gasteiger charge is 2.08. The van der Waals surface area contributed by atoms with Crippen LogP contribution in [0.5, 0.6) is 0 Å². The van der Waals surface area contributed by atoms with Crippen LogP contribution in [-0.2, 0) is 12.8 Å². The molecular weight excluding hydrogens is 260 g/mol. The van der Waals surface area contributed by atoms with E-state index in [4.69, 9.17) is 4.52 Å². The lowest BCUT2D eigenvalue weighted by atomic mass is 10.2. The van der Waals surface area contributed by atoms with Crippen LogP contribution < -0.4 is 0 Å². The smallest absolute Gasteiger partial charge is 0.191 e. The topological polar surface area (TPSA) is 56.7 Å². The predicted molar refractivity (Wildman–Crippen MR) is 72.5 cm³/mol. The molecule has 0 bridgehead atoms. The fraction of sp³-hybridized carbons (Fsp3) is 0.154. The van der Waals surface area contributed by atoms with Gasteiger partial charge in [0.1, 0.15) is 6.33 Å². The molecule has 6 heteroatoms. The molecule has 1 aromatic carbocycles. The number of aromatic nitrogens is 4. The highest BCUT2D eigenvalue weighted by molar-refractivity contribution is 7.98. The lowest BCUT2D eigenvalue weighted by Crippen LogP contribution is -1.89. The van der Waals surface area contributed by atoms with E-state index in [0.29, 0.717) is 5.75 Å². The van der Waals surface area contributed by atoms with Crippen molar-refractivity contribution in [2.75, 3.05) is 0 Å². The van der Waals surface area contributed by atoms with E-state index in [-0.39, 0.29) is 0 Å². The third-order valence-corrected chi connectivity index (χ3v) is 3.70. The lowest BCUT2D eigenvalue weighted by Gasteiger charge is -1.96. The largest absolute Gasteiger partial charge is 0.356 e. The maximum Gasteiger partial charge on any atom is 0.191 e. The summed E-state index contributed by atoms with van der Waals surface area (Å²) in [6, 6.07) is 11.9. The maximum atomic E-state index is 5.34.